The number of benzene rings is 1. The van der Waals surface area contributed by atoms with Crippen LogP contribution < -0.4 is 10.6 Å². The van der Waals surface area contributed by atoms with Gasteiger partial charge >= 0.3 is 0 Å². The molecule has 0 radical (unpaired) electrons. The number of rotatable bonds is 1. The Morgan fingerprint density at radius 1 is 1.32 bits per heavy atom. The first-order valence-electron chi connectivity index (χ1n) is 6.94. The van der Waals surface area contributed by atoms with Gasteiger partial charge in [0.25, 0.3) is 0 Å². The Morgan fingerprint density at radius 2 is 2.11 bits per heavy atom. The van der Waals surface area contributed by atoms with Crippen molar-refractivity contribution in [2.45, 2.75) is 38.1 Å². The van der Waals surface area contributed by atoms with Crippen molar-refractivity contribution in [2.75, 3.05) is 11.4 Å². The molecule has 19 heavy (non-hydrogen) atoms. The van der Waals surface area contributed by atoms with E-state index in [1.54, 1.807) is 23.1 Å². The van der Waals surface area contributed by atoms with Gasteiger partial charge in [-0.05, 0) is 37.8 Å². The highest BCUT2D eigenvalue weighted by molar-refractivity contribution is 6.00. The molecule has 1 heterocycles. The van der Waals surface area contributed by atoms with E-state index in [1.807, 2.05) is 0 Å². The van der Waals surface area contributed by atoms with Crippen molar-refractivity contribution in [2.24, 2.45) is 11.1 Å². The lowest BCUT2D eigenvalue weighted by Gasteiger charge is -2.35. The number of nitrogens with zero attached hydrogens (tertiary/aromatic N) is 1. The van der Waals surface area contributed by atoms with Crippen molar-refractivity contribution in [3.63, 3.8) is 0 Å². The molecular weight excluding hydrogens is 243 g/mol. The second-order valence-electron chi connectivity index (χ2n) is 5.79. The van der Waals surface area contributed by atoms with Crippen LogP contribution in [0.2, 0.25) is 0 Å². The molecule has 2 fully saturated rings. The summed E-state index contributed by atoms with van der Waals surface area (Å²) in [5.41, 5.74) is 6.09. The van der Waals surface area contributed by atoms with Gasteiger partial charge in [-0.25, -0.2) is 4.39 Å². The summed E-state index contributed by atoms with van der Waals surface area (Å²) < 4.78 is 13.8. The van der Waals surface area contributed by atoms with E-state index in [-0.39, 0.29) is 23.2 Å². The number of hydrogen-bond acceptors (Lipinski definition) is 2. The van der Waals surface area contributed by atoms with Gasteiger partial charge in [0.05, 0.1) is 11.1 Å². The summed E-state index contributed by atoms with van der Waals surface area (Å²) in [7, 11) is 0. The third-order valence-electron chi connectivity index (χ3n) is 4.54. The van der Waals surface area contributed by atoms with Crippen molar-refractivity contribution in [1.82, 2.24) is 0 Å². The molecule has 0 bridgehead atoms. The molecule has 1 aromatic rings. The van der Waals surface area contributed by atoms with E-state index in [9.17, 15) is 9.18 Å². The first-order chi connectivity index (χ1) is 9.12. The summed E-state index contributed by atoms with van der Waals surface area (Å²) in [6.45, 7) is 0.604. The molecule has 4 heteroatoms. The number of para-hydroxylation sites is 1. The minimum absolute atomic E-state index is 0.0627. The van der Waals surface area contributed by atoms with Crippen molar-refractivity contribution in [3.05, 3.63) is 30.1 Å². The monoisotopic (exact) mass is 262 g/mol. The van der Waals surface area contributed by atoms with Gasteiger partial charge in [-0.2, -0.15) is 0 Å². The molecule has 2 N–H and O–H groups in total. The van der Waals surface area contributed by atoms with Crippen LogP contribution in [0.3, 0.4) is 0 Å². The lowest BCUT2D eigenvalue weighted by atomic mass is 9.71. The quantitative estimate of drug-likeness (QED) is 0.845. The zero-order valence-corrected chi connectivity index (χ0v) is 10.9. The third-order valence-corrected chi connectivity index (χ3v) is 4.54. The second-order valence-corrected chi connectivity index (χ2v) is 5.79. The average Bonchev–Trinajstić information content (AvgIpc) is 2.68. The summed E-state index contributed by atoms with van der Waals surface area (Å²) in [5, 5.41) is 0. The van der Waals surface area contributed by atoms with E-state index in [0.717, 1.165) is 32.1 Å². The largest absolute Gasteiger partial charge is 0.328 e. The highest BCUT2D eigenvalue weighted by Gasteiger charge is 2.49. The van der Waals surface area contributed by atoms with Crippen LogP contribution >= 0.6 is 0 Å². The SMILES string of the molecule is NC1CCCC2(CCN(c3ccccc3F)C2=O)C1. The molecule has 1 amide bonds. The Balaban J connectivity index is 1.88. The molecule has 1 aliphatic carbocycles. The second kappa shape index (κ2) is 4.60. The maximum absolute atomic E-state index is 13.8. The molecule has 1 spiro atoms. The van der Waals surface area contributed by atoms with Crippen molar-refractivity contribution in [1.29, 1.82) is 0 Å². The number of amides is 1. The molecular formula is C15H19FN2O. The van der Waals surface area contributed by atoms with Gasteiger partial charge in [0.15, 0.2) is 0 Å². The van der Waals surface area contributed by atoms with Crippen LogP contribution in [0.15, 0.2) is 24.3 Å². The minimum atomic E-state index is -0.333. The number of hydrogen-bond donors (Lipinski definition) is 1. The predicted octanol–water partition coefficient (Wildman–Crippen LogP) is 2.45. The summed E-state index contributed by atoms with van der Waals surface area (Å²) >= 11 is 0. The van der Waals surface area contributed by atoms with Gasteiger partial charge in [0.1, 0.15) is 5.82 Å². The van der Waals surface area contributed by atoms with Crippen LogP contribution in [0, 0.1) is 11.2 Å². The van der Waals surface area contributed by atoms with Crippen LogP contribution in [-0.4, -0.2) is 18.5 Å². The topological polar surface area (TPSA) is 46.3 Å². The lowest BCUT2D eigenvalue weighted by Crippen LogP contribution is -2.42. The molecule has 1 aliphatic heterocycles. The highest BCUT2D eigenvalue weighted by Crippen LogP contribution is 2.45. The van der Waals surface area contributed by atoms with Gasteiger partial charge in [-0.3, -0.25) is 4.79 Å². The fourth-order valence-corrected chi connectivity index (χ4v) is 3.55. The van der Waals surface area contributed by atoms with Crippen LogP contribution in [-0.2, 0) is 4.79 Å². The van der Waals surface area contributed by atoms with E-state index in [2.05, 4.69) is 0 Å². The maximum atomic E-state index is 13.8. The number of anilines is 1. The summed E-state index contributed by atoms with van der Waals surface area (Å²) in [4.78, 5) is 14.3. The lowest BCUT2D eigenvalue weighted by molar-refractivity contribution is -0.127. The Morgan fingerprint density at radius 3 is 2.84 bits per heavy atom. The third kappa shape index (κ3) is 2.04. The highest BCUT2D eigenvalue weighted by atomic mass is 19.1. The number of carbonyl (C=O) groups is 1. The van der Waals surface area contributed by atoms with Crippen LogP contribution in [0.4, 0.5) is 10.1 Å². The molecule has 102 valence electrons. The Hall–Kier alpha value is -1.42. The fraction of sp³-hybridized carbons (Fsp3) is 0.533. The maximum Gasteiger partial charge on any atom is 0.233 e. The molecule has 2 aliphatic rings. The van der Waals surface area contributed by atoms with Crippen LogP contribution in [0.5, 0.6) is 0 Å². The van der Waals surface area contributed by atoms with Gasteiger partial charge in [0, 0.05) is 12.6 Å². The summed E-state index contributed by atoms with van der Waals surface area (Å²) in [6.07, 6.45) is 4.43. The molecule has 2 unspecified atom stereocenters. The standard InChI is InChI=1S/C15H19FN2O/c16-12-5-1-2-6-13(12)18-9-8-15(14(18)19)7-3-4-11(17)10-15/h1-2,5-6,11H,3-4,7-10,17H2. The minimum Gasteiger partial charge on any atom is -0.328 e. The number of halogens is 1. The summed E-state index contributed by atoms with van der Waals surface area (Å²) in [6, 6.07) is 6.60. The predicted molar refractivity (Wildman–Crippen MR) is 72.2 cm³/mol. The van der Waals surface area contributed by atoms with Crippen molar-refractivity contribution < 1.29 is 9.18 Å². The zero-order chi connectivity index (χ0) is 13.5. The molecule has 2 atom stereocenters. The van der Waals surface area contributed by atoms with Crippen LogP contribution in [0.25, 0.3) is 0 Å². The van der Waals surface area contributed by atoms with Gasteiger partial charge in [0.2, 0.25) is 5.91 Å². The van der Waals surface area contributed by atoms with E-state index in [1.165, 1.54) is 6.07 Å². The smallest absolute Gasteiger partial charge is 0.233 e. The molecule has 1 saturated heterocycles. The van der Waals surface area contributed by atoms with Crippen molar-refractivity contribution >= 4 is 11.6 Å². The molecule has 0 aromatic heterocycles. The first-order valence-corrected chi connectivity index (χ1v) is 6.94. The van der Waals surface area contributed by atoms with Gasteiger partial charge < -0.3 is 10.6 Å². The Labute approximate surface area is 112 Å². The van der Waals surface area contributed by atoms with E-state index >= 15 is 0 Å². The molecule has 1 aromatic carbocycles. The van der Waals surface area contributed by atoms with E-state index in [0.29, 0.717) is 12.2 Å². The molecule has 3 rings (SSSR count). The van der Waals surface area contributed by atoms with Crippen molar-refractivity contribution in [3.8, 4) is 0 Å². The fourth-order valence-electron chi connectivity index (χ4n) is 3.55. The molecule has 3 nitrogen and oxygen atoms in total. The Kier molecular flexibility index (Phi) is 3.05. The van der Waals surface area contributed by atoms with Gasteiger partial charge in [-0.1, -0.05) is 18.6 Å². The number of nitrogens with two attached hydrogens (primary N) is 1. The summed E-state index contributed by atoms with van der Waals surface area (Å²) in [5.74, 6) is -0.263. The van der Waals surface area contributed by atoms with Gasteiger partial charge in [-0.15, -0.1) is 0 Å². The number of carbonyl (C=O) groups excluding carboxylic acids is 1. The average molecular weight is 262 g/mol. The first kappa shape index (κ1) is 12.6. The normalized spacial score (nSPS) is 31.2. The van der Waals surface area contributed by atoms with Crippen LogP contribution in [0.1, 0.15) is 32.1 Å². The Bertz CT molecular complexity index is 505. The van der Waals surface area contributed by atoms with E-state index < -0.39 is 0 Å². The molecule has 1 saturated carbocycles. The zero-order valence-electron chi connectivity index (χ0n) is 10.9. The van der Waals surface area contributed by atoms with E-state index in [4.69, 9.17) is 5.73 Å².